The summed E-state index contributed by atoms with van der Waals surface area (Å²) in [5, 5.41) is 7.93. The van der Waals surface area contributed by atoms with E-state index in [4.69, 9.17) is 12.2 Å². The fraction of sp³-hybridized carbons (Fsp3) is 0.200. The topological polar surface area (TPSA) is 41.4 Å². The Hall–Kier alpha value is -3.91. The first kappa shape index (κ1) is 25.7. The second-order valence-electron chi connectivity index (χ2n) is 9.26. The van der Waals surface area contributed by atoms with Crippen molar-refractivity contribution in [2.75, 3.05) is 5.32 Å². The lowest BCUT2D eigenvalue weighted by atomic mass is 9.88. The number of alkyl halides is 3. The molecule has 1 aliphatic rings. The number of aromatic nitrogens is 1. The number of anilines is 1. The molecule has 0 spiro atoms. The lowest BCUT2D eigenvalue weighted by Crippen LogP contribution is -2.24. The van der Waals surface area contributed by atoms with Crippen molar-refractivity contribution in [2.45, 2.75) is 38.8 Å². The summed E-state index contributed by atoms with van der Waals surface area (Å²) in [6, 6.07) is 23.0. The van der Waals surface area contributed by atoms with Gasteiger partial charge in [0.25, 0.3) is 0 Å². The van der Waals surface area contributed by atoms with E-state index in [0.717, 1.165) is 53.0 Å². The van der Waals surface area contributed by atoms with Crippen LogP contribution in [0.1, 0.15) is 34.9 Å². The Labute approximate surface area is 225 Å². The highest BCUT2D eigenvalue weighted by molar-refractivity contribution is 7.80. The van der Waals surface area contributed by atoms with Crippen molar-refractivity contribution in [1.29, 1.82) is 0 Å². The number of halogens is 3. The second kappa shape index (κ2) is 10.8. The highest BCUT2D eigenvalue weighted by Gasteiger charge is 2.27. The number of para-hydroxylation sites is 1. The molecule has 0 atom stereocenters. The summed E-state index contributed by atoms with van der Waals surface area (Å²) < 4.78 is 40.2. The van der Waals surface area contributed by atoms with Crippen LogP contribution in [-0.2, 0) is 25.7 Å². The molecule has 0 amide bonds. The summed E-state index contributed by atoms with van der Waals surface area (Å²) in [7, 11) is 0. The maximum Gasteiger partial charge on any atom is 0.393 e. The fourth-order valence-electron chi connectivity index (χ4n) is 4.90. The first-order valence-corrected chi connectivity index (χ1v) is 12.9. The average molecular weight is 533 g/mol. The van der Waals surface area contributed by atoms with Crippen LogP contribution in [0, 0.1) is 0 Å². The van der Waals surface area contributed by atoms with Crippen LogP contribution in [-0.4, -0.2) is 22.1 Å². The third-order valence-corrected chi connectivity index (χ3v) is 6.88. The fourth-order valence-corrected chi connectivity index (χ4v) is 5.06. The summed E-state index contributed by atoms with van der Waals surface area (Å²) in [4.78, 5) is 0. The maximum absolute atomic E-state index is 12.7. The number of hydrogen-bond donors (Lipinski definition) is 2. The number of rotatable bonds is 6. The Morgan fingerprint density at radius 2 is 1.79 bits per heavy atom. The third kappa shape index (κ3) is 5.81. The largest absolute Gasteiger partial charge is 0.393 e. The van der Waals surface area contributed by atoms with Gasteiger partial charge in [-0.05, 0) is 89.6 Å². The molecule has 1 heterocycles. The minimum absolute atomic E-state index is 0.263. The van der Waals surface area contributed by atoms with Gasteiger partial charge in [-0.2, -0.15) is 18.3 Å². The van der Waals surface area contributed by atoms with Crippen molar-refractivity contribution < 1.29 is 13.2 Å². The molecule has 0 saturated carbocycles. The summed E-state index contributed by atoms with van der Waals surface area (Å²) in [5.41, 5.74) is 11.8. The number of hydrogen-bond acceptors (Lipinski definition) is 2. The van der Waals surface area contributed by atoms with Crippen LogP contribution in [0.15, 0.2) is 84.1 Å². The highest BCUT2D eigenvalue weighted by atomic mass is 32.1. The molecule has 0 aliphatic heterocycles. The van der Waals surface area contributed by atoms with Gasteiger partial charge in [0.15, 0.2) is 5.11 Å². The van der Waals surface area contributed by atoms with Crippen molar-refractivity contribution in [3.05, 3.63) is 107 Å². The van der Waals surface area contributed by atoms with Crippen molar-refractivity contribution in [3.63, 3.8) is 0 Å². The molecule has 8 heteroatoms. The van der Waals surface area contributed by atoms with E-state index in [0.29, 0.717) is 5.11 Å². The zero-order chi connectivity index (χ0) is 26.7. The van der Waals surface area contributed by atoms with E-state index >= 15 is 0 Å². The lowest BCUT2D eigenvalue weighted by molar-refractivity contribution is -0.127. The van der Waals surface area contributed by atoms with E-state index in [9.17, 15) is 13.2 Å². The van der Waals surface area contributed by atoms with Gasteiger partial charge in [-0.15, -0.1) is 0 Å². The molecule has 0 bridgehead atoms. The SMILES string of the molecule is CCc1ccccc1NC(=S)N/N=C/c1ccc2c(c1)CCc1c-2ccn1-c1ccc(CC(F)(F)F)cc1. The Morgan fingerprint density at radius 1 is 1.00 bits per heavy atom. The van der Waals surface area contributed by atoms with Gasteiger partial charge in [-0.1, -0.05) is 49.4 Å². The molecule has 38 heavy (non-hydrogen) atoms. The van der Waals surface area contributed by atoms with Gasteiger partial charge in [0.1, 0.15) is 0 Å². The number of nitrogens with one attached hydrogen (secondary N) is 2. The first-order chi connectivity index (χ1) is 18.3. The molecule has 0 unspecified atom stereocenters. The monoisotopic (exact) mass is 532 g/mol. The summed E-state index contributed by atoms with van der Waals surface area (Å²) in [5.74, 6) is 0. The summed E-state index contributed by atoms with van der Waals surface area (Å²) >= 11 is 5.38. The van der Waals surface area contributed by atoms with Gasteiger partial charge >= 0.3 is 6.18 Å². The molecule has 1 aromatic heterocycles. The zero-order valence-corrected chi connectivity index (χ0v) is 21.7. The van der Waals surface area contributed by atoms with Gasteiger partial charge in [0.05, 0.1) is 12.6 Å². The molecule has 3 aromatic carbocycles. The smallest absolute Gasteiger partial charge is 0.331 e. The Balaban J connectivity index is 1.27. The van der Waals surface area contributed by atoms with Gasteiger partial charge in [0.2, 0.25) is 0 Å². The van der Waals surface area contributed by atoms with Crippen LogP contribution >= 0.6 is 12.2 Å². The number of fused-ring (bicyclic) bond motifs is 3. The quantitative estimate of drug-likeness (QED) is 0.156. The van der Waals surface area contributed by atoms with Crippen molar-refractivity contribution >= 4 is 29.2 Å². The zero-order valence-electron chi connectivity index (χ0n) is 20.8. The first-order valence-electron chi connectivity index (χ1n) is 12.5. The van der Waals surface area contributed by atoms with Crippen molar-refractivity contribution in [3.8, 4) is 16.8 Å². The number of benzene rings is 3. The van der Waals surface area contributed by atoms with Gasteiger partial charge < -0.3 is 9.88 Å². The maximum atomic E-state index is 12.7. The third-order valence-electron chi connectivity index (χ3n) is 6.69. The van der Waals surface area contributed by atoms with Crippen LogP contribution in [0.5, 0.6) is 0 Å². The molecule has 0 fully saturated rings. The van der Waals surface area contributed by atoms with Crippen molar-refractivity contribution in [2.24, 2.45) is 5.10 Å². The lowest BCUT2D eigenvalue weighted by Gasteiger charge is -2.20. The number of aryl methyl sites for hydroxylation is 2. The predicted octanol–water partition coefficient (Wildman–Crippen LogP) is 7.23. The molecule has 4 nitrogen and oxygen atoms in total. The molecule has 4 aromatic rings. The van der Waals surface area contributed by atoms with Crippen molar-refractivity contribution in [1.82, 2.24) is 9.99 Å². The van der Waals surface area contributed by atoms with E-state index in [1.54, 1.807) is 30.5 Å². The predicted molar refractivity (Wildman–Crippen MR) is 151 cm³/mol. The van der Waals surface area contributed by atoms with Crippen LogP contribution < -0.4 is 10.7 Å². The molecule has 194 valence electrons. The molecular weight excluding hydrogens is 505 g/mol. The van der Waals surface area contributed by atoms with Crippen LogP contribution in [0.25, 0.3) is 16.8 Å². The van der Waals surface area contributed by atoms with Crippen LogP contribution in [0.3, 0.4) is 0 Å². The molecule has 0 saturated heterocycles. The number of thiocarbonyl (C=S) groups is 1. The minimum Gasteiger partial charge on any atom is -0.331 e. The molecular formula is C30H27F3N4S. The standard InChI is InChI=1S/C30H27F3N4S/c1-2-22-5-3-4-6-27(22)35-29(38)36-34-19-21-9-13-25-23(17-21)10-14-28-26(25)15-16-37(28)24-11-7-20(8-12-24)18-30(31,32)33/h3-9,11-13,15-17,19H,2,10,14,18H2,1H3,(H2,35,36,38)/b34-19+. The molecule has 1 aliphatic carbocycles. The Morgan fingerprint density at radius 3 is 2.55 bits per heavy atom. The molecule has 5 rings (SSSR count). The summed E-state index contributed by atoms with van der Waals surface area (Å²) in [6.45, 7) is 2.10. The molecule has 0 radical (unpaired) electrons. The van der Waals surface area contributed by atoms with Gasteiger partial charge in [-0.25, -0.2) is 0 Å². The average Bonchev–Trinajstić information content (AvgIpc) is 3.33. The van der Waals surface area contributed by atoms with E-state index in [-0.39, 0.29) is 5.56 Å². The Kier molecular flexibility index (Phi) is 7.33. The van der Waals surface area contributed by atoms with Gasteiger partial charge in [0, 0.05) is 28.8 Å². The number of hydrazone groups is 1. The van der Waals surface area contributed by atoms with Crippen LogP contribution in [0.4, 0.5) is 18.9 Å². The van der Waals surface area contributed by atoms with Gasteiger partial charge in [-0.3, -0.25) is 5.43 Å². The number of nitrogens with zero attached hydrogens (tertiary/aromatic N) is 2. The molecule has 2 N–H and O–H groups in total. The van der Waals surface area contributed by atoms with E-state index in [2.05, 4.69) is 51.6 Å². The van der Waals surface area contributed by atoms with E-state index in [1.807, 2.05) is 30.5 Å². The summed E-state index contributed by atoms with van der Waals surface area (Å²) in [6.07, 6.45) is 1.22. The Bertz CT molecular complexity index is 1490. The van der Waals surface area contributed by atoms with E-state index < -0.39 is 12.6 Å². The minimum atomic E-state index is -4.21. The second-order valence-corrected chi connectivity index (χ2v) is 9.66. The highest BCUT2D eigenvalue weighted by Crippen LogP contribution is 2.36. The van der Waals surface area contributed by atoms with Crippen LogP contribution in [0.2, 0.25) is 0 Å². The van der Waals surface area contributed by atoms with E-state index in [1.165, 1.54) is 11.1 Å². The normalized spacial score (nSPS) is 12.7.